The third-order valence-electron chi connectivity index (χ3n) is 17.2. The molecule has 0 aromatic rings. The minimum absolute atomic E-state index is 0.00210. The monoisotopic (exact) mass is 808 g/mol. The SMILES string of the molecule is CC1(C)CCC2(C(=O)OC3OC(C(=O)O)C(O)C(O)C3O)CCC3(C)C(C=CC4C5(C)CCC(OC6OC(C(=O)O)C(O)C(O)C6O)C(C)(C)C5CCC43C)C2C1. The normalized spacial score (nSPS) is 52.6. The van der Waals surface area contributed by atoms with Crippen LogP contribution in [0.1, 0.15) is 106 Å². The predicted molar refractivity (Wildman–Crippen MR) is 199 cm³/mol. The van der Waals surface area contributed by atoms with E-state index in [0.717, 1.165) is 38.5 Å². The fourth-order valence-electron chi connectivity index (χ4n) is 13.6. The number of aliphatic carboxylic acids is 2. The number of carbonyl (C=O) groups is 3. The molecular weight excluding hydrogens is 744 g/mol. The van der Waals surface area contributed by atoms with Crippen molar-refractivity contribution < 1.29 is 74.2 Å². The first-order valence-electron chi connectivity index (χ1n) is 20.8. The van der Waals surface area contributed by atoms with E-state index in [1.54, 1.807) is 0 Å². The van der Waals surface area contributed by atoms with Crippen molar-refractivity contribution in [3.8, 4) is 0 Å². The lowest BCUT2D eigenvalue weighted by molar-refractivity contribution is -0.324. The number of carboxylic acids is 2. The van der Waals surface area contributed by atoms with Gasteiger partial charge in [0.2, 0.25) is 6.29 Å². The van der Waals surface area contributed by atoms with Crippen LogP contribution >= 0.6 is 0 Å². The molecule has 7 aliphatic rings. The second-order valence-electron chi connectivity index (χ2n) is 20.8. The molecule has 19 atom stereocenters. The first kappa shape index (κ1) is 42.9. The molecule has 57 heavy (non-hydrogen) atoms. The zero-order valence-corrected chi connectivity index (χ0v) is 34.1. The van der Waals surface area contributed by atoms with Gasteiger partial charge >= 0.3 is 17.9 Å². The van der Waals surface area contributed by atoms with Gasteiger partial charge < -0.3 is 59.8 Å². The summed E-state index contributed by atoms with van der Waals surface area (Å²) in [5.74, 6) is -3.40. The highest BCUT2D eigenvalue weighted by Crippen LogP contribution is 2.76. The Bertz CT molecular complexity index is 1630. The number of hydrogen-bond acceptors (Lipinski definition) is 13. The third-order valence-corrected chi connectivity index (χ3v) is 17.2. The van der Waals surface area contributed by atoms with Gasteiger partial charge in [0.15, 0.2) is 18.5 Å². The van der Waals surface area contributed by atoms with E-state index >= 15 is 0 Å². The molecule has 0 aromatic heterocycles. The highest BCUT2D eigenvalue weighted by atomic mass is 16.7. The maximum Gasteiger partial charge on any atom is 0.335 e. The summed E-state index contributed by atoms with van der Waals surface area (Å²) in [6, 6.07) is 0. The van der Waals surface area contributed by atoms with Gasteiger partial charge in [0.25, 0.3) is 0 Å². The van der Waals surface area contributed by atoms with E-state index in [2.05, 4.69) is 60.6 Å². The molecule has 4 saturated carbocycles. The van der Waals surface area contributed by atoms with Crippen molar-refractivity contribution in [3.63, 3.8) is 0 Å². The molecule has 6 fully saturated rings. The van der Waals surface area contributed by atoms with Crippen LogP contribution in [0.15, 0.2) is 12.2 Å². The van der Waals surface area contributed by atoms with Crippen LogP contribution in [0.25, 0.3) is 0 Å². The average molecular weight is 809 g/mol. The van der Waals surface area contributed by atoms with Gasteiger partial charge in [-0.15, -0.1) is 0 Å². The smallest absolute Gasteiger partial charge is 0.335 e. The molecule has 2 aliphatic heterocycles. The van der Waals surface area contributed by atoms with Crippen molar-refractivity contribution in [2.45, 2.75) is 174 Å². The number of hydrogen-bond donors (Lipinski definition) is 8. The number of allylic oxidation sites excluding steroid dienone is 2. The highest BCUT2D eigenvalue weighted by molar-refractivity contribution is 5.78. The molecule has 0 aromatic carbocycles. The van der Waals surface area contributed by atoms with E-state index in [0.29, 0.717) is 19.3 Å². The molecule has 0 spiro atoms. The minimum Gasteiger partial charge on any atom is -0.479 e. The van der Waals surface area contributed by atoms with Gasteiger partial charge in [-0.25, -0.2) is 9.59 Å². The maximum absolute atomic E-state index is 14.6. The molecule has 7 rings (SSSR count). The van der Waals surface area contributed by atoms with Gasteiger partial charge in [-0.05, 0) is 109 Å². The van der Waals surface area contributed by atoms with E-state index in [1.807, 2.05) is 0 Å². The summed E-state index contributed by atoms with van der Waals surface area (Å²) >= 11 is 0. The largest absolute Gasteiger partial charge is 0.479 e. The van der Waals surface area contributed by atoms with Crippen LogP contribution in [0.5, 0.6) is 0 Å². The second-order valence-corrected chi connectivity index (χ2v) is 20.8. The van der Waals surface area contributed by atoms with Crippen molar-refractivity contribution in [2.24, 2.45) is 56.2 Å². The first-order chi connectivity index (χ1) is 26.4. The maximum atomic E-state index is 14.6. The van der Waals surface area contributed by atoms with Crippen molar-refractivity contribution in [1.29, 1.82) is 0 Å². The Kier molecular flexibility index (Phi) is 10.7. The second kappa shape index (κ2) is 14.2. The van der Waals surface area contributed by atoms with Gasteiger partial charge in [0, 0.05) is 0 Å². The lowest BCUT2D eigenvalue weighted by Gasteiger charge is -2.72. The third kappa shape index (κ3) is 6.35. The van der Waals surface area contributed by atoms with Crippen molar-refractivity contribution in [2.75, 3.05) is 0 Å². The number of rotatable bonds is 6. The number of aliphatic hydroxyl groups excluding tert-OH is 6. The number of esters is 1. The van der Waals surface area contributed by atoms with Crippen molar-refractivity contribution in [3.05, 3.63) is 12.2 Å². The summed E-state index contributed by atoms with van der Waals surface area (Å²) in [6.07, 6.45) is -6.90. The average Bonchev–Trinajstić information content (AvgIpc) is 3.12. The lowest BCUT2D eigenvalue weighted by Crippen LogP contribution is -2.67. The van der Waals surface area contributed by atoms with E-state index in [9.17, 15) is 55.2 Å². The van der Waals surface area contributed by atoms with E-state index < -0.39 is 96.3 Å². The summed E-state index contributed by atoms with van der Waals surface area (Å²) in [5, 5.41) is 82.1. The number of ether oxygens (including phenoxy) is 4. The van der Waals surface area contributed by atoms with E-state index in [-0.39, 0.29) is 45.3 Å². The fraction of sp³-hybridized carbons (Fsp3) is 0.881. The number of fused-ring (bicyclic) bond motifs is 7. The van der Waals surface area contributed by atoms with Crippen LogP contribution in [-0.2, 0) is 33.3 Å². The molecule has 0 amide bonds. The first-order valence-corrected chi connectivity index (χ1v) is 20.8. The Morgan fingerprint density at radius 2 is 1.19 bits per heavy atom. The molecule has 15 nitrogen and oxygen atoms in total. The van der Waals surface area contributed by atoms with Crippen molar-refractivity contribution in [1.82, 2.24) is 0 Å². The molecule has 0 radical (unpaired) electrons. The molecule has 2 heterocycles. The van der Waals surface area contributed by atoms with Crippen LogP contribution in [0.4, 0.5) is 0 Å². The van der Waals surface area contributed by atoms with Crippen LogP contribution in [0.3, 0.4) is 0 Å². The predicted octanol–water partition coefficient (Wildman–Crippen LogP) is 2.36. The van der Waals surface area contributed by atoms with E-state index in [1.165, 1.54) is 0 Å². The van der Waals surface area contributed by atoms with Gasteiger partial charge in [-0.3, -0.25) is 4.79 Å². The number of carboxylic acid groups (broad SMARTS) is 2. The summed E-state index contributed by atoms with van der Waals surface area (Å²) in [5.41, 5.74) is -2.03. The summed E-state index contributed by atoms with van der Waals surface area (Å²) in [7, 11) is 0. The Morgan fingerprint density at radius 1 is 0.632 bits per heavy atom. The summed E-state index contributed by atoms with van der Waals surface area (Å²) in [4.78, 5) is 38.2. The Hall–Kier alpha value is -2.21. The van der Waals surface area contributed by atoms with Crippen LogP contribution in [0.2, 0.25) is 0 Å². The molecule has 2 saturated heterocycles. The number of carbonyl (C=O) groups excluding carboxylic acids is 1. The minimum atomic E-state index is -1.90. The number of aliphatic hydroxyl groups is 6. The van der Waals surface area contributed by atoms with Gasteiger partial charge in [-0.2, -0.15) is 0 Å². The molecular formula is C42H64O15. The van der Waals surface area contributed by atoms with E-state index in [4.69, 9.17) is 18.9 Å². The Labute approximate surface area is 333 Å². The molecule has 19 unspecified atom stereocenters. The zero-order chi connectivity index (χ0) is 42.0. The van der Waals surface area contributed by atoms with Gasteiger partial charge in [0.1, 0.15) is 36.6 Å². The standard InChI is InChI=1S/C42H64O15/c1-37(2)14-16-42(36(53)57-35-29(48)25(44)27(46)31(56-35)33(51)52)17-15-40(6)19(20(42)18-37)8-9-22-39(5)12-11-23(38(3,4)21(39)10-13-41(22,40)7)54-34-28(47)24(43)26(45)30(55-34)32(49)50/h8-9,19-31,34-35,43-48H,10-18H2,1-7H3,(H,49,50)(H,51,52). The molecule has 322 valence electrons. The van der Waals surface area contributed by atoms with Gasteiger partial charge in [0.05, 0.1) is 11.5 Å². The fourth-order valence-corrected chi connectivity index (χ4v) is 13.6. The Balaban J connectivity index is 1.16. The van der Waals surface area contributed by atoms with Crippen LogP contribution in [0, 0.1) is 56.2 Å². The summed E-state index contributed by atoms with van der Waals surface area (Å²) < 4.78 is 23.2. The van der Waals surface area contributed by atoms with Crippen LogP contribution < -0.4 is 0 Å². The lowest BCUT2D eigenvalue weighted by atomic mass is 9.33. The quantitative estimate of drug-likeness (QED) is 0.109. The molecule has 15 heteroatoms. The molecule has 0 bridgehead atoms. The molecule has 8 N–H and O–H groups in total. The molecule has 5 aliphatic carbocycles. The van der Waals surface area contributed by atoms with Crippen LogP contribution in [-0.4, -0.2) is 126 Å². The summed E-state index contributed by atoms with van der Waals surface area (Å²) in [6.45, 7) is 15.8. The Morgan fingerprint density at radius 3 is 1.79 bits per heavy atom. The topological polar surface area (TPSA) is 250 Å². The zero-order valence-electron chi connectivity index (χ0n) is 34.1. The highest BCUT2D eigenvalue weighted by Gasteiger charge is 2.71. The van der Waals surface area contributed by atoms with Crippen molar-refractivity contribution >= 4 is 17.9 Å². The van der Waals surface area contributed by atoms with Gasteiger partial charge in [-0.1, -0.05) is 60.6 Å².